The first kappa shape index (κ1) is 21.3. The Morgan fingerprint density at radius 2 is 1.68 bits per heavy atom. The van der Waals surface area contributed by atoms with Crippen molar-refractivity contribution < 1.29 is 22.4 Å². The molecule has 0 N–H and O–H groups in total. The smallest absolute Gasteiger partial charge is 0.243 e. The summed E-state index contributed by atoms with van der Waals surface area (Å²) in [5.41, 5.74) is 3.15. The van der Waals surface area contributed by atoms with Gasteiger partial charge in [-0.25, -0.2) is 8.42 Å². The maximum absolute atomic E-state index is 12.9. The number of rotatable bonds is 5. The highest BCUT2D eigenvalue weighted by atomic mass is 32.2. The molecule has 7 nitrogen and oxygen atoms in total. The minimum Gasteiger partial charge on any atom is -0.464 e. The molecule has 1 aliphatic rings. The molecule has 2 aromatic carbocycles. The third-order valence-electron chi connectivity index (χ3n) is 5.64. The fourth-order valence-corrected chi connectivity index (χ4v) is 5.21. The van der Waals surface area contributed by atoms with E-state index in [2.05, 4.69) is 0 Å². The van der Waals surface area contributed by atoms with Crippen molar-refractivity contribution in [3.63, 3.8) is 0 Å². The number of fused-ring (bicyclic) bond motifs is 1. The number of hydrogen-bond donors (Lipinski definition) is 0. The van der Waals surface area contributed by atoms with Crippen molar-refractivity contribution in [1.82, 2.24) is 9.21 Å². The van der Waals surface area contributed by atoms with Gasteiger partial charge in [-0.2, -0.15) is 4.31 Å². The first-order chi connectivity index (χ1) is 14.8. The number of nitrogens with zero attached hydrogens (tertiary/aromatic N) is 2. The molecule has 0 saturated carbocycles. The van der Waals surface area contributed by atoms with Crippen LogP contribution in [0.15, 0.2) is 58.0 Å². The van der Waals surface area contributed by atoms with Gasteiger partial charge in [-0.05, 0) is 37.6 Å². The van der Waals surface area contributed by atoms with Crippen molar-refractivity contribution in [2.24, 2.45) is 0 Å². The van der Waals surface area contributed by atoms with Crippen LogP contribution in [-0.2, 0) is 21.2 Å². The second kappa shape index (κ2) is 8.28. The van der Waals surface area contributed by atoms with Crippen molar-refractivity contribution in [1.29, 1.82) is 0 Å². The zero-order valence-corrected chi connectivity index (χ0v) is 18.3. The van der Waals surface area contributed by atoms with E-state index in [1.54, 1.807) is 11.2 Å². The average molecular weight is 441 g/mol. The molecule has 1 fully saturated rings. The average Bonchev–Trinajstić information content (AvgIpc) is 3.15. The molecule has 1 aromatic heterocycles. The summed E-state index contributed by atoms with van der Waals surface area (Å²) in [6.07, 6.45) is 1.84. The second-order valence-electron chi connectivity index (χ2n) is 7.80. The third kappa shape index (κ3) is 4.26. The number of sulfonamides is 1. The highest BCUT2D eigenvalue weighted by molar-refractivity contribution is 7.89. The van der Waals surface area contributed by atoms with Gasteiger partial charge in [0.05, 0.1) is 17.6 Å². The van der Waals surface area contributed by atoms with E-state index in [-0.39, 0.29) is 36.1 Å². The van der Waals surface area contributed by atoms with Gasteiger partial charge >= 0.3 is 0 Å². The molecule has 2 heterocycles. The first-order valence-corrected chi connectivity index (χ1v) is 11.6. The SMILES string of the molecule is CC(=O)c1ccc(S(=O)(=O)N2CCN(C(=O)Cc3coc4cc(C)ccc34)CC2)cc1. The van der Waals surface area contributed by atoms with Gasteiger partial charge in [-0.15, -0.1) is 0 Å². The highest BCUT2D eigenvalue weighted by Crippen LogP contribution is 2.24. The maximum atomic E-state index is 12.9. The van der Waals surface area contributed by atoms with Crippen LogP contribution in [0.2, 0.25) is 0 Å². The predicted molar refractivity (Wildman–Crippen MR) is 116 cm³/mol. The molecule has 0 unspecified atom stereocenters. The van der Waals surface area contributed by atoms with Crippen molar-refractivity contribution in [2.75, 3.05) is 26.2 Å². The summed E-state index contributed by atoms with van der Waals surface area (Å²) in [5.74, 6) is -0.164. The largest absolute Gasteiger partial charge is 0.464 e. The molecule has 8 heteroatoms. The molecule has 4 rings (SSSR count). The maximum Gasteiger partial charge on any atom is 0.243 e. The minimum atomic E-state index is -3.67. The summed E-state index contributed by atoms with van der Waals surface area (Å²) in [5, 5.41) is 0.925. The van der Waals surface area contributed by atoms with Crippen LogP contribution in [-0.4, -0.2) is 55.5 Å². The van der Waals surface area contributed by atoms with E-state index in [0.29, 0.717) is 18.7 Å². The quantitative estimate of drug-likeness (QED) is 0.569. The van der Waals surface area contributed by atoms with Gasteiger partial charge in [0.2, 0.25) is 15.9 Å². The van der Waals surface area contributed by atoms with Crippen LogP contribution >= 0.6 is 0 Å². The van der Waals surface area contributed by atoms with E-state index in [1.807, 2.05) is 25.1 Å². The molecule has 0 spiro atoms. The summed E-state index contributed by atoms with van der Waals surface area (Å²) < 4.78 is 32.8. The number of amides is 1. The lowest BCUT2D eigenvalue weighted by Crippen LogP contribution is -2.50. The number of benzene rings is 2. The molecule has 0 radical (unpaired) electrons. The lowest BCUT2D eigenvalue weighted by atomic mass is 10.1. The molecular formula is C23H24N2O5S. The molecule has 0 aliphatic carbocycles. The van der Waals surface area contributed by atoms with E-state index in [0.717, 1.165) is 22.1 Å². The number of aryl methyl sites for hydroxylation is 1. The molecule has 1 saturated heterocycles. The van der Waals surface area contributed by atoms with Crippen LogP contribution in [0.4, 0.5) is 0 Å². The fourth-order valence-electron chi connectivity index (χ4n) is 3.79. The Morgan fingerprint density at radius 1 is 1.00 bits per heavy atom. The molecule has 31 heavy (non-hydrogen) atoms. The Morgan fingerprint density at radius 3 is 2.32 bits per heavy atom. The third-order valence-corrected chi connectivity index (χ3v) is 7.56. The number of carbonyl (C=O) groups excluding carboxylic acids is 2. The Kier molecular flexibility index (Phi) is 5.68. The summed E-state index contributed by atoms with van der Waals surface area (Å²) in [6, 6.07) is 11.8. The number of piperazine rings is 1. The van der Waals surface area contributed by atoms with Gasteiger partial charge in [0.1, 0.15) is 5.58 Å². The van der Waals surface area contributed by atoms with E-state index < -0.39 is 10.0 Å². The topological polar surface area (TPSA) is 87.9 Å². The van der Waals surface area contributed by atoms with Gasteiger partial charge in [-0.1, -0.05) is 24.3 Å². The summed E-state index contributed by atoms with van der Waals surface area (Å²) >= 11 is 0. The van der Waals surface area contributed by atoms with Crippen molar-refractivity contribution >= 4 is 32.7 Å². The van der Waals surface area contributed by atoms with Crippen molar-refractivity contribution in [3.8, 4) is 0 Å². The molecule has 0 bridgehead atoms. The van der Waals surface area contributed by atoms with Crippen molar-refractivity contribution in [3.05, 3.63) is 65.4 Å². The summed E-state index contributed by atoms with van der Waals surface area (Å²) in [4.78, 5) is 26.0. The van der Waals surface area contributed by atoms with E-state index >= 15 is 0 Å². The standard InChI is InChI=1S/C23H24N2O5S/c1-16-3-8-21-19(15-30-22(21)13-16)14-23(27)24-9-11-25(12-10-24)31(28,29)20-6-4-18(5-7-20)17(2)26/h3-8,13,15H,9-12,14H2,1-2H3. The predicted octanol–water partition coefficient (Wildman–Crippen LogP) is 3.02. The van der Waals surface area contributed by atoms with Crippen LogP contribution < -0.4 is 0 Å². The zero-order valence-electron chi connectivity index (χ0n) is 17.5. The molecular weight excluding hydrogens is 416 g/mol. The van der Waals surface area contributed by atoms with E-state index in [4.69, 9.17) is 4.42 Å². The normalized spacial score (nSPS) is 15.4. The second-order valence-corrected chi connectivity index (χ2v) is 9.74. The van der Waals surface area contributed by atoms with Crippen LogP contribution in [0, 0.1) is 6.92 Å². The fraction of sp³-hybridized carbons (Fsp3) is 0.304. The summed E-state index contributed by atoms with van der Waals surface area (Å²) in [6.45, 7) is 4.55. The molecule has 0 atom stereocenters. The minimum absolute atomic E-state index is 0.0499. The Bertz CT molecular complexity index is 1240. The van der Waals surface area contributed by atoms with Crippen LogP contribution in [0.5, 0.6) is 0 Å². The Balaban J connectivity index is 1.40. The Labute approximate surface area is 181 Å². The van der Waals surface area contributed by atoms with Crippen LogP contribution in [0.25, 0.3) is 11.0 Å². The summed E-state index contributed by atoms with van der Waals surface area (Å²) in [7, 11) is -3.67. The van der Waals surface area contributed by atoms with Gasteiger partial charge in [-0.3, -0.25) is 9.59 Å². The van der Waals surface area contributed by atoms with Gasteiger partial charge in [0, 0.05) is 42.7 Å². The molecule has 3 aromatic rings. The Hall–Kier alpha value is -2.97. The number of furan rings is 1. The highest BCUT2D eigenvalue weighted by Gasteiger charge is 2.30. The van der Waals surface area contributed by atoms with Crippen LogP contribution in [0.1, 0.15) is 28.4 Å². The van der Waals surface area contributed by atoms with Gasteiger partial charge in [0.25, 0.3) is 0 Å². The lowest BCUT2D eigenvalue weighted by molar-refractivity contribution is -0.131. The number of Topliss-reactive ketones (excluding diaryl/α,β-unsaturated/α-hetero) is 1. The van der Waals surface area contributed by atoms with E-state index in [9.17, 15) is 18.0 Å². The number of hydrogen-bond acceptors (Lipinski definition) is 5. The molecule has 1 aliphatic heterocycles. The monoisotopic (exact) mass is 440 g/mol. The van der Waals surface area contributed by atoms with E-state index in [1.165, 1.54) is 35.5 Å². The number of ketones is 1. The molecule has 162 valence electrons. The van der Waals surface area contributed by atoms with Crippen LogP contribution in [0.3, 0.4) is 0 Å². The zero-order chi connectivity index (χ0) is 22.2. The van der Waals surface area contributed by atoms with Gasteiger partial charge < -0.3 is 9.32 Å². The lowest BCUT2D eigenvalue weighted by Gasteiger charge is -2.34. The molecule has 1 amide bonds. The first-order valence-electron chi connectivity index (χ1n) is 10.1. The van der Waals surface area contributed by atoms with Crippen molar-refractivity contribution in [2.45, 2.75) is 25.2 Å². The van der Waals surface area contributed by atoms with Gasteiger partial charge in [0.15, 0.2) is 5.78 Å². The number of carbonyl (C=O) groups is 2.